The van der Waals surface area contributed by atoms with E-state index in [1.54, 1.807) is 20.8 Å². The molecule has 0 aromatic carbocycles. The SMILES string of the molecule is CC(C)(C)OC(=O)NC(CO)C(=O)NCCBr. The fourth-order valence-electron chi connectivity index (χ4n) is 0.938. The van der Waals surface area contributed by atoms with Gasteiger partial charge in [-0.2, -0.15) is 0 Å². The molecule has 0 aliphatic heterocycles. The Morgan fingerprint density at radius 1 is 1.41 bits per heavy atom. The number of aliphatic hydroxyl groups is 1. The first-order chi connectivity index (χ1) is 7.80. The van der Waals surface area contributed by atoms with E-state index in [1.165, 1.54) is 0 Å². The summed E-state index contributed by atoms with van der Waals surface area (Å²) in [6, 6.07) is -0.996. The highest BCUT2D eigenvalue weighted by Crippen LogP contribution is 2.06. The van der Waals surface area contributed by atoms with Crippen molar-refractivity contribution in [3.8, 4) is 0 Å². The number of carbonyl (C=O) groups is 2. The topological polar surface area (TPSA) is 87.7 Å². The Hall–Kier alpha value is -0.820. The molecule has 3 N–H and O–H groups in total. The van der Waals surface area contributed by atoms with Crippen LogP contribution in [0.25, 0.3) is 0 Å². The molecule has 0 bridgehead atoms. The second-order valence-electron chi connectivity index (χ2n) is 4.36. The van der Waals surface area contributed by atoms with E-state index in [-0.39, 0.29) is 0 Å². The lowest BCUT2D eigenvalue weighted by molar-refractivity contribution is -0.123. The molecule has 0 aromatic rings. The van der Waals surface area contributed by atoms with Crippen LogP contribution in [0.15, 0.2) is 0 Å². The van der Waals surface area contributed by atoms with Crippen LogP contribution in [0.1, 0.15) is 20.8 Å². The number of aliphatic hydroxyl groups excluding tert-OH is 1. The van der Waals surface area contributed by atoms with Crippen molar-refractivity contribution in [3.63, 3.8) is 0 Å². The molecule has 0 aromatic heterocycles. The fourth-order valence-corrected chi connectivity index (χ4v) is 1.14. The zero-order valence-corrected chi connectivity index (χ0v) is 11.8. The van der Waals surface area contributed by atoms with Gasteiger partial charge in [0.15, 0.2) is 0 Å². The van der Waals surface area contributed by atoms with Gasteiger partial charge in [-0.05, 0) is 20.8 Å². The van der Waals surface area contributed by atoms with Crippen molar-refractivity contribution >= 4 is 27.9 Å². The van der Waals surface area contributed by atoms with Crippen LogP contribution in [0.3, 0.4) is 0 Å². The van der Waals surface area contributed by atoms with Crippen molar-refractivity contribution in [2.75, 3.05) is 18.5 Å². The largest absolute Gasteiger partial charge is 0.444 e. The standard InChI is InChI=1S/C10H19BrN2O4/c1-10(2,3)17-9(16)13-7(6-14)8(15)12-5-4-11/h7,14H,4-6H2,1-3H3,(H,12,15)(H,13,16). The number of carbonyl (C=O) groups excluding carboxylic acids is 2. The number of alkyl halides is 1. The van der Waals surface area contributed by atoms with E-state index in [4.69, 9.17) is 9.84 Å². The Morgan fingerprint density at radius 2 is 2.00 bits per heavy atom. The van der Waals surface area contributed by atoms with Crippen LogP contribution in [0.5, 0.6) is 0 Å². The molecule has 1 unspecified atom stereocenters. The lowest BCUT2D eigenvalue weighted by Crippen LogP contribution is -2.50. The van der Waals surface area contributed by atoms with E-state index >= 15 is 0 Å². The molecule has 0 saturated heterocycles. The summed E-state index contributed by atoms with van der Waals surface area (Å²) in [6.07, 6.45) is -0.731. The Labute approximate surface area is 109 Å². The summed E-state index contributed by atoms with van der Waals surface area (Å²) in [6.45, 7) is 5.08. The molecule has 0 saturated carbocycles. The highest BCUT2D eigenvalue weighted by atomic mass is 79.9. The van der Waals surface area contributed by atoms with Gasteiger partial charge in [0.2, 0.25) is 5.91 Å². The van der Waals surface area contributed by atoms with Crippen LogP contribution in [0.2, 0.25) is 0 Å². The smallest absolute Gasteiger partial charge is 0.408 e. The van der Waals surface area contributed by atoms with Crippen molar-refractivity contribution < 1.29 is 19.4 Å². The maximum atomic E-state index is 11.5. The van der Waals surface area contributed by atoms with Gasteiger partial charge in [0.05, 0.1) is 6.61 Å². The van der Waals surface area contributed by atoms with Gasteiger partial charge in [0.25, 0.3) is 0 Å². The minimum Gasteiger partial charge on any atom is -0.444 e. The summed E-state index contributed by atoms with van der Waals surface area (Å²) in [5.41, 5.74) is -0.642. The molecule has 17 heavy (non-hydrogen) atoms. The molecule has 6 nitrogen and oxygen atoms in total. The number of hydrogen-bond donors (Lipinski definition) is 3. The summed E-state index contributed by atoms with van der Waals surface area (Å²) in [4.78, 5) is 22.8. The molecule has 100 valence electrons. The fraction of sp³-hybridized carbons (Fsp3) is 0.800. The number of halogens is 1. The highest BCUT2D eigenvalue weighted by molar-refractivity contribution is 9.09. The van der Waals surface area contributed by atoms with Crippen molar-refractivity contribution in [1.82, 2.24) is 10.6 Å². The molecular formula is C10H19BrN2O4. The normalized spacial score (nSPS) is 12.8. The van der Waals surface area contributed by atoms with Gasteiger partial charge in [-0.25, -0.2) is 4.79 Å². The molecule has 0 fully saturated rings. The monoisotopic (exact) mass is 310 g/mol. The summed E-state index contributed by atoms with van der Waals surface area (Å²) in [5.74, 6) is -0.446. The molecule has 1 atom stereocenters. The number of rotatable bonds is 5. The molecule has 0 aliphatic carbocycles. The van der Waals surface area contributed by atoms with E-state index in [0.717, 1.165) is 0 Å². The van der Waals surface area contributed by atoms with Crippen molar-refractivity contribution in [2.24, 2.45) is 0 Å². The van der Waals surface area contributed by atoms with Gasteiger partial charge in [-0.1, -0.05) is 15.9 Å². The second-order valence-corrected chi connectivity index (χ2v) is 5.15. The Balaban J connectivity index is 4.21. The van der Waals surface area contributed by atoms with E-state index in [0.29, 0.717) is 11.9 Å². The predicted molar refractivity (Wildman–Crippen MR) is 67.0 cm³/mol. The van der Waals surface area contributed by atoms with Gasteiger partial charge in [0, 0.05) is 11.9 Å². The molecule has 0 aliphatic rings. The van der Waals surface area contributed by atoms with Crippen LogP contribution in [0.4, 0.5) is 4.79 Å². The van der Waals surface area contributed by atoms with Crippen LogP contribution in [0, 0.1) is 0 Å². The second kappa shape index (κ2) is 7.50. The van der Waals surface area contributed by atoms with Crippen molar-refractivity contribution in [1.29, 1.82) is 0 Å². The molecule has 7 heteroatoms. The van der Waals surface area contributed by atoms with Crippen molar-refractivity contribution in [2.45, 2.75) is 32.4 Å². The Kier molecular flexibility index (Phi) is 7.13. The number of ether oxygens (including phenoxy) is 1. The van der Waals surface area contributed by atoms with E-state index < -0.39 is 30.3 Å². The zero-order valence-electron chi connectivity index (χ0n) is 10.2. The Bertz CT molecular complexity index is 266. The van der Waals surface area contributed by atoms with Gasteiger partial charge >= 0.3 is 6.09 Å². The minimum atomic E-state index is -0.996. The van der Waals surface area contributed by atoms with Gasteiger partial charge < -0.3 is 20.5 Å². The molecule has 2 amide bonds. The molecule has 0 heterocycles. The first-order valence-electron chi connectivity index (χ1n) is 5.24. The first kappa shape index (κ1) is 16.2. The number of hydrogen-bond acceptors (Lipinski definition) is 4. The van der Waals surface area contributed by atoms with Crippen LogP contribution in [-0.4, -0.2) is 47.2 Å². The van der Waals surface area contributed by atoms with Crippen LogP contribution in [-0.2, 0) is 9.53 Å². The average Bonchev–Trinajstić information content (AvgIpc) is 2.19. The summed E-state index contributed by atoms with van der Waals surface area (Å²) < 4.78 is 4.97. The van der Waals surface area contributed by atoms with Crippen molar-refractivity contribution in [3.05, 3.63) is 0 Å². The number of alkyl carbamates (subject to hydrolysis) is 1. The number of nitrogens with one attached hydrogen (secondary N) is 2. The van der Waals surface area contributed by atoms with Crippen LogP contribution >= 0.6 is 15.9 Å². The highest BCUT2D eigenvalue weighted by Gasteiger charge is 2.23. The molecule has 0 spiro atoms. The maximum absolute atomic E-state index is 11.5. The molecule has 0 radical (unpaired) electrons. The number of amides is 2. The van der Waals surface area contributed by atoms with E-state index in [2.05, 4.69) is 26.6 Å². The average molecular weight is 311 g/mol. The summed E-state index contributed by atoms with van der Waals surface area (Å²) in [7, 11) is 0. The van der Waals surface area contributed by atoms with Gasteiger partial charge in [0.1, 0.15) is 11.6 Å². The lowest BCUT2D eigenvalue weighted by Gasteiger charge is -2.22. The van der Waals surface area contributed by atoms with Gasteiger partial charge in [-0.3, -0.25) is 4.79 Å². The van der Waals surface area contributed by atoms with Crippen LogP contribution < -0.4 is 10.6 Å². The van der Waals surface area contributed by atoms with Gasteiger partial charge in [-0.15, -0.1) is 0 Å². The third-order valence-electron chi connectivity index (χ3n) is 1.58. The first-order valence-corrected chi connectivity index (χ1v) is 6.36. The third-order valence-corrected chi connectivity index (χ3v) is 1.98. The quantitative estimate of drug-likeness (QED) is 0.641. The minimum absolute atomic E-state index is 0.422. The third kappa shape index (κ3) is 7.98. The molecule has 0 rings (SSSR count). The maximum Gasteiger partial charge on any atom is 0.408 e. The Morgan fingerprint density at radius 3 is 2.41 bits per heavy atom. The summed E-state index contributed by atoms with van der Waals surface area (Å²) >= 11 is 3.15. The molecular weight excluding hydrogens is 292 g/mol. The predicted octanol–water partition coefficient (Wildman–Crippen LogP) is 0.383. The van der Waals surface area contributed by atoms with E-state index in [1.807, 2.05) is 0 Å². The summed E-state index contributed by atoms with van der Waals surface area (Å²) in [5, 5.41) is 14.4. The zero-order chi connectivity index (χ0) is 13.5. The van der Waals surface area contributed by atoms with E-state index in [9.17, 15) is 9.59 Å². The lowest BCUT2D eigenvalue weighted by atomic mass is 10.2.